The van der Waals surface area contributed by atoms with Crippen LogP contribution in [0.15, 0.2) is 4.52 Å². The van der Waals surface area contributed by atoms with Crippen molar-refractivity contribution in [2.24, 2.45) is 0 Å². The number of methoxy groups -OCH3 is 1. The molecule has 1 rings (SSSR count). The lowest BCUT2D eigenvalue weighted by Gasteiger charge is -2.25. The average molecular weight is 241 g/mol. The van der Waals surface area contributed by atoms with Crippen molar-refractivity contribution in [3.05, 3.63) is 11.7 Å². The van der Waals surface area contributed by atoms with E-state index in [1.54, 1.807) is 7.11 Å². The lowest BCUT2D eigenvalue weighted by molar-refractivity contribution is -0.0306. The molecular weight excluding hydrogens is 218 g/mol. The van der Waals surface area contributed by atoms with Gasteiger partial charge < -0.3 is 14.6 Å². The number of ether oxygens (including phenoxy) is 1. The number of hydrogen-bond acceptors (Lipinski definition) is 5. The smallest absolute Gasteiger partial charge is 0.240 e. The predicted octanol–water partition coefficient (Wildman–Crippen LogP) is 2.23. The maximum Gasteiger partial charge on any atom is 0.240 e. The van der Waals surface area contributed by atoms with Crippen molar-refractivity contribution in [1.82, 2.24) is 15.5 Å². The standard InChI is InChI=1S/C12H23N3O2/c1-6-12(7-2,16-5)11-14-10(17-15-11)8-13-9(3)4/h9,13H,6-8H2,1-5H3. The molecular formula is C12H23N3O2. The molecule has 0 bridgehead atoms. The van der Waals surface area contributed by atoms with Crippen LogP contribution in [0, 0.1) is 0 Å². The largest absolute Gasteiger partial charge is 0.370 e. The first-order valence-corrected chi connectivity index (χ1v) is 6.19. The normalized spacial score (nSPS) is 12.4. The Morgan fingerprint density at radius 2 is 2.00 bits per heavy atom. The zero-order valence-corrected chi connectivity index (χ0v) is 11.4. The summed E-state index contributed by atoms with van der Waals surface area (Å²) in [6, 6.07) is 0.398. The van der Waals surface area contributed by atoms with Crippen LogP contribution in [-0.4, -0.2) is 23.3 Å². The Kier molecular flexibility index (Phi) is 5.08. The van der Waals surface area contributed by atoms with Gasteiger partial charge in [0.05, 0.1) is 6.54 Å². The van der Waals surface area contributed by atoms with Crippen LogP contribution in [0.3, 0.4) is 0 Å². The molecule has 1 aromatic heterocycles. The number of nitrogens with one attached hydrogen (secondary N) is 1. The summed E-state index contributed by atoms with van der Waals surface area (Å²) < 4.78 is 10.8. The molecule has 0 spiro atoms. The number of rotatable bonds is 7. The van der Waals surface area contributed by atoms with Gasteiger partial charge in [0.25, 0.3) is 0 Å². The SMILES string of the molecule is CCC(CC)(OC)c1noc(CNC(C)C)n1. The lowest BCUT2D eigenvalue weighted by atomic mass is 9.96. The van der Waals surface area contributed by atoms with E-state index in [0.717, 1.165) is 12.8 Å². The summed E-state index contributed by atoms with van der Waals surface area (Å²) in [6.45, 7) is 8.88. The van der Waals surface area contributed by atoms with Crippen LogP contribution >= 0.6 is 0 Å². The van der Waals surface area contributed by atoms with Crippen LogP contribution in [0.2, 0.25) is 0 Å². The third-order valence-electron chi connectivity index (χ3n) is 3.07. The van der Waals surface area contributed by atoms with E-state index in [1.807, 2.05) is 0 Å². The van der Waals surface area contributed by atoms with Gasteiger partial charge in [-0.1, -0.05) is 32.9 Å². The van der Waals surface area contributed by atoms with Gasteiger partial charge in [0.15, 0.2) is 0 Å². The number of aromatic nitrogens is 2. The fraction of sp³-hybridized carbons (Fsp3) is 0.833. The third kappa shape index (κ3) is 3.26. The van der Waals surface area contributed by atoms with Crippen LogP contribution in [0.5, 0.6) is 0 Å². The lowest BCUT2D eigenvalue weighted by Crippen LogP contribution is -2.28. The molecule has 0 atom stereocenters. The highest BCUT2D eigenvalue weighted by Crippen LogP contribution is 2.29. The van der Waals surface area contributed by atoms with Crippen molar-refractivity contribution in [2.45, 2.75) is 58.7 Å². The van der Waals surface area contributed by atoms with Gasteiger partial charge in [-0.05, 0) is 12.8 Å². The molecule has 1 heterocycles. The molecule has 0 aliphatic carbocycles. The molecule has 1 aromatic rings. The van der Waals surface area contributed by atoms with Crippen molar-refractivity contribution < 1.29 is 9.26 Å². The van der Waals surface area contributed by atoms with Gasteiger partial charge in [-0.15, -0.1) is 0 Å². The first-order valence-electron chi connectivity index (χ1n) is 6.19. The van der Waals surface area contributed by atoms with Gasteiger partial charge in [0.1, 0.15) is 5.60 Å². The Bertz CT molecular complexity index is 324. The van der Waals surface area contributed by atoms with Gasteiger partial charge >= 0.3 is 0 Å². The zero-order valence-electron chi connectivity index (χ0n) is 11.4. The second-order valence-electron chi connectivity index (χ2n) is 4.45. The first-order chi connectivity index (χ1) is 8.07. The molecule has 1 N–H and O–H groups in total. The van der Waals surface area contributed by atoms with Crippen LogP contribution in [0.1, 0.15) is 52.3 Å². The summed E-state index contributed by atoms with van der Waals surface area (Å²) in [6.07, 6.45) is 1.66. The van der Waals surface area contributed by atoms with Crippen LogP contribution in [-0.2, 0) is 16.9 Å². The van der Waals surface area contributed by atoms with Crippen LogP contribution in [0.25, 0.3) is 0 Å². The number of nitrogens with zero attached hydrogens (tertiary/aromatic N) is 2. The Hall–Kier alpha value is -0.940. The summed E-state index contributed by atoms with van der Waals surface area (Å²) in [4.78, 5) is 4.40. The van der Waals surface area contributed by atoms with Crippen molar-refractivity contribution in [2.75, 3.05) is 7.11 Å². The fourth-order valence-electron chi connectivity index (χ4n) is 1.75. The summed E-state index contributed by atoms with van der Waals surface area (Å²) in [5.74, 6) is 1.25. The minimum absolute atomic E-state index is 0.398. The highest BCUT2D eigenvalue weighted by molar-refractivity contribution is 5.00. The molecule has 5 heteroatoms. The van der Waals surface area contributed by atoms with Crippen molar-refractivity contribution in [1.29, 1.82) is 0 Å². The molecule has 98 valence electrons. The molecule has 0 aliphatic rings. The van der Waals surface area contributed by atoms with Gasteiger partial charge in [0.2, 0.25) is 11.7 Å². The first kappa shape index (κ1) is 14.1. The monoisotopic (exact) mass is 241 g/mol. The van der Waals surface area contributed by atoms with Gasteiger partial charge in [-0.2, -0.15) is 4.98 Å². The Morgan fingerprint density at radius 1 is 1.35 bits per heavy atom. The summed E-state index contributed by atoms with van der Waals surface area (Å²) in [5.41, 5.74) is -0.417. The van der Waals surface area contributed by atoms with Gasteiger partial charge in [0, 0.05) is 13.2 Å². The topological polar surface area (TPSA) is 60.2 Å². The molecule has 0 saturated heterocycles. The summed E-state index contributed by atoms with van der Waals surface area (Å²) in [5, 5.41) is 7.27. The maximum absolute atomic E-state index is 5.56. The molecule has 0 unspecified atom stereocenters. The summed E-state index contributed by atoms with van der Waals surface area (Å²) in [7, 11) is 1.69. The maximum atomic E-state index is 5.56. The van der Waals surface area contributed by atoms with E-state index in [4.69, 9.17) is 9.26 Å². The van der Waals surface area contributed by atoms with E-state index in [9.17, 15) is 0 Å². The molecule has 0 fully saturated rings. The zero-order chi connectivity index (χ0) is 12.9. The van der Waals surface area contributed by atoms with Gasteiger partial charge in [-0.25, -0.2) is 0 Å². The van der Waals surface area contributed by atoms with E-state index >= 15 is 0 Å². The second-order valence-corrected chi connectivity index (χ2v) is 4.45. The molecule has 0 aliphatic heterocycles. The molecule has 5 nitrogen and oxygen atoms in total. The number of hydrogen-bond donors (Lipinski definition) is 1. The molecule has 0 radical (unpaired) electrons. The van der Waals surface area contributed by atoms with E-state index in [1.165, 1.54) is 0 Å². The van der Waals surface area contributed by atoms with E-state index in [-0.39, 0.29) is 0 Å². The molecule has 17 heavy (non-hydrogen) atoms. The average Bonchev–Trinajstić information content (AvgIpc) is 2.79. The fourth-order valence-corrected chi connectivity index (χ4v) is 1.75. The van der Waals surface area contributed by atoms with Crippen molar-refractivity contribution in [3.63, 3.8) is 0 Å². The third-order valence-corrected chi connectivity index (χ3v) is 3.07. The highest BCUT2D eigenvalue weighted by atomic mass is 16.5. The Labute approximate surface area is 103 Å². The minimum Gasteiger partial charge on any atom is -0.370 e. The van der Waals surface area contributed by atoms with E-state index < -0.39 is 5.60 Å². The molecule has 0 amide bonds. The molecule has 0 aromatic carbocycles. The highest BCUT2D eigenvalue weighted by Gasteiger charge is 2.33. The summed E-state index contributed by atoms with van der Waals surface area (Å²) >= 11 is 0. The Morgan fingerprint density at radius 3 is 2.47 bits per heavy atom. The van der Waals surface area contributed by atoms with E-state index in [0.29, 0.717) is 24.3 Å². The molecule has 0 saturated carbocycles. The van der Waals surface area contributed by atoms with Crippen molar-refractivity contribution in [3.8, 4) is 0 Å². The second kappa shape index (κ2) is 6.12. The quantitative estimate of drug-likeness (QED) is 0.793. The Balaban J connectivity index is 2.78. The van der Waals surface area contributed by atoms with Crippen molar-refractivity contribution >= 4 is 0 Å². The van der Waals surface area contributed by atoms with Crippen LogP contribution < -0.4 is 5.32 Å². The minimum atomic E-state index is -0.417. The van der Waals surface area contributed by atoms with E-state index in [2.05, 4.69) is 43.2 Å². The van der Waals surface area contributed by atoms with Gasteiger partial charge in [-0.3, -0.25) is 0 Å². The predicted molar refractivity (Wildman–Crippen MR) is 65.5 cm³/mol. The van der Waals surface area contributed by atoms with Crippen LogP contribution in [0.4, 0.5) is 0 Å².